The first-order valence-corrected chi connectivity index (χ1v) is 8.73. The number of hydrogen-bond acceptors (Lipinski definition) is 5. The van der Waals surface area contributed by atoms with E-state index in [0.29, 0.717) is 23.8 Å². The fraction of sp³-hybridized carbons (Fsp3) is 0.278. The van der Waals surface area contributed by atoms with Crippen molar-refractivity contribution in [3.63, 3.8) is 0 Å². The first kappa shape index (κ1) is 14.9. The summed E-state index contributed by atoms with van der Waals surface area (Å²) in [7, 11) is 0. The van der Waals surface area contributed by atoms with Gasteiger partial charge in [0.15, 0.2) is 5.76 Å². The molecule has 3 aromatic rings. The van der Waals surface area contributed by atoms with Gasteiger partial charge in [-0.25, -0.2) is 4.98 Å². The lowest BCUT2D eigenvalue weighted by molar-refractivity contribution is 0.478. The number of nitriles is 1. The number of aromatic nitrogens is 2. The molecule has 5 nitrogen and oxygen atoms in total. The average Bonchev–Trinajstić information content (AvgIpc) is 3.21. The van der Waals surface area contributed by atoms with E-state index in [1.807, 2.05) is 12.1 Å². The molecule has 0 unspecified atom stereocenters. The van der Waals surface area contributed by atoms with Gasteiger partial charge in [0.2, 0.25) is 5.89 Å². The maximum atomic E-state index is 12.2. The molecule has 1 aromatic carbocycles. The summed E-state index contributed by atoms with van der Waals surface area (Å²) in [6, 6.07) is 9.26. The molecule has 120 valence electrons. The summed E-state index contributed by atoms with van der Waals surface area (Å²) in [5, 5.41) is 8.85. The van der Waals surface area contributed by atoms with Crippen molar-refractivity contribution < 1.29 is 4.42 Å². The van der Waals surface area contributed by atoms with Gasteiger partial charge in [-0.05, 0) is 49.9 Å². The van der Waals surface area contributed by atoms with Crippen LogP contribution in [0.2, 0.25) is 0 Å². The van der Waals surface area contributed by atoms with Crippen LogP contribution >= 0.6 is 11.3 Å². The van der Waals surface area contributed by atoms with Gasteiger partial charge in [-0.3, -0.25) is 9.36 Å². The fourth-order valence-electron chi connectivity index (χ4n) is 3.05. The van der Waals surface area contributed by atoms with Gasteiger partial charge in [-0.15, -0.1) is 0 Å². The van der Waals surface area contributed by atoms with Crippen LogP contribution in [0.3, 0.4) is 0 Å². The van der Waals surface area contributed by atoms with E-state index in [0.717, 1.165) is 36.9 Å². The number of oxazole rings is 1. The Morgan fingerprint density at radius 2 is 2.04 bits per heavy atom. The number of nitrogens with zero attached hydrogens (tertiary/aromatic N) is 3. The second-order valence-corrected chi connectivity index (χ2v) is 6.88. The zero-order valence-electron chi connectivity index (χ0n) is 13.0. The molecule has 0 saturated carbocycles. The monoisotopic (exact) mass is 337 g/mol. The van der Waals surface area contributed by atoms with Gasteiger partial charge in [0.1, 0.15) is 6.54 Å². The highest BCUT2D eigenvalue weighted by molar-refractivity contribution is 7.09. The summed E-state index contributed by atoms with van der Waals surface area (Å²) in [6.45, 7) is 0.376. The maximum Gasteiger partial charge on any atom is 0.308 e. The molecule has 0 aliphatic heterocycles. The Bertz CT molecular complexity index is 973. The number of benzene rings is 1. The lowest BCUT2D eigenvalue weighted by atomic mass is 10.0. The van der Waals surface area contributed by atoms with E-state index < -0.39 is 0 Å². The molecule has 6 heteroatoms. The topological polar surface area (TPSA) is 71.8 Å². The molecule has 0 saturated heterocycles. The number of fused-ring (bicyclic) bond motifs is 1. The van der Waals surface area contributed by atoms with E-state index in [1.165, 1.54) is 16.2 Å². The van der Waals surface area contributed by atoms with E-state index in [9.17, 15) is 4.79 Å². The third-order valence-corrected chi connectivity index (χ3v) is 5.37. The van der Waals surface area contributed by atoms with Crippen LogP contribution in [0, 0.1) is 11.3 Å². The molecule has 0 bridgehead atoms. The zero-order chi connectivity index (χ0) is 16.5. The van der Waals surface area contributed by atoms with Crippen molar-refractivity contribution in [3.8, 4) is 17.4 Å². The first-order chi connectivity index (χ1) is 11.7. The van der Waals surface area contributed by atoms with Crippen molar-refractivity contribution in [2.75, 3.05) is 0 Å². The van der Waals surface area contributed by atoms with Crippen LogP contribution in [-0.2, 0) is 19.4 Å². The fourth-order valence-corrected chi connectivity index (χ4v) is 4.12. The Balaban J connectivity index is 1.61. The molecular weight excluding hydrogens is 322 g/mol. The highest BCUT2D eigenvalue weighted by Crippen LogP contribution is 2.25. The SMILES string of the molecule is N#Cc1ccc(-c2cnc(Cn3c4c(sc3=O)CCCC4)o2)cc1. The third-order valence-electron chi connectivity index (χ3n) is 4.29. The molecule has 0 atom stereocenters. The van der Waals surface area contributed by atoms with Crippen molar-refractivity contribution in [1.29, 1.82) is 5.26 Å². The summed E-state index contributed by atoms with van der Waals surface area (Å²) >= 11 is 1.35. The first-order valence-electron chi connectivity index (χ1n) is 7.91. The number of hydrogen-bond donors (Lipinski definition) is 0. The van der Waals surface area contributed by atoms with Crippen LogP contribution in [0.25, 0.3) is 11.3 Å². The van der Waals surface area contributed by atoms with Gasteiger partial charge in [-0.2, -0.15) is 5.26 Å². The minimum absolute atomic E-state index is 0.0695. The quantitative estimate of drug-likeness (QED) is 0.734. The highest BCUT2D eigenvalue weighted by atomic mass is 32.1. The second kappa shape index (κ2) is 6.10. The van der Waals surface area contributed by atoms with Crippen LogP contribution in [0.5, 0.6) is 0 Å². The lowest BCUT2D eigenvalue weighted by Crippen LogP contribution is -2.18. The summed E-state index contributed by atoms with van der Waals surface area (Å²) < 4.78 is 7.61. The third kappa shape index (κ3) is 2.68. The van der Waals surface area contributed by atoms with Crippen molar-refractivity contribution in [2.24, 2.45) is 0 Å². The largest absolute Gasteiger partial charge is 0.439 e. The second-order valence-electron chi connectivity index (χ2n) is 5.84. The van der Waals surface area contributed by atoms with E-state index in [1.54, 1.807) is 22.9 Å². The van der Waals surface area contributed by atoms with Gasteiger partial charge < -0.3 is 4.42 Å². The maximum absolute atomic E-state index is 12.2. The molecule has 24 heavy (non-hydrogen) atoms. The summed E-state index contributed by atoms with van der Waals surface area (Å²) in [5.41, 5.74) is 2.62. The average molecular weight is 337 g/mol. The smallest absolute Gasteiger partial charge is 0.308 e. The van der Waals surface area contributed by atoms with E-state index in [-0.39, 0.29) is 4.87 Å². The van der Waals surface area contributed by atoms with Gasteiger partial charge in [-0.1, -0.05) is 11.3 Å². The Morgan fingerprint density at radius 3 is 2.83 bits per heavy atom. The van der Waals surface area contributed by atoms with Gasteiger partial charge in [0.05, 0.1) is 17.8 Å². The van der Waals surface area contributed by atoms with E-state index >= 15 is 0 Å². The van der Waals surface area contributed by atoms with E-state index in [2.05, 4.69) is 11.1 Å². The summed E-state index contributed by atoms with van der Waals surface area (Å²) in [6.07, 6.45) is 5.92. The molecule has 0 N–H and O–H groups in total. The molecule has 4 rings (SSSR count). The van der Waals surface area contributed by atoms with Gasteiger partial charge in [0.25, 0.3) is 0 Å². The van der Waals surface area contributed by atoms with Crippen molar-refractivity contribution in [3.05, 3.63) is 62.2 Å². The van der Waals surface area contributed by atoms with Crippen LogP contribution in [0.15, 0.2) is 39.7 Å². The lowest BCUT2D eigenvalue weighted by Gasteiger charge is -2.12. The van der Waals surface area contributed by atoms with Crippen LogP contribution in [-0.4, -0.2) is 9.55 Å². The van der Waals surface area contributed by atoms with E-state index in [4.69, 9.17) is 9.68 Å². The molecule has 0 spiro atoms. The van der Waals surface area contributed by atoms with Crippen LogP contribution < -0.4 is 4.87 Å². The van der Waals surface area contributed by atoms with Crippen molar-refractivity contribution >= 4 is 11.3 Å². The molecule has 0 radical (unpaired) electrons. The standard InChI is InChI=1S/C18H15N3O2S/c19-9-12-5-7-13(8-6-12)15-10-20-17(23-15)11-21-14-3-1-2-4-16(14)24-18(21)22/h5-8,10H,1-4,11H2. The number of aryl methyl sites for hydroxylation is 1. The minimum atomic E-state index is 0.0695. The molecule has 2 aromatic heterocycles. The Labute approximate surface area is 142 Å². The van der Waals surface area contributed by atoms with Crippen molar-refractivity contribution in [1.82, 2.24) is 9.55 Å². The molecule has 1 aliphatic rings. The Morgan fingerprint density at radius 1 is 1.25 bits per heavy atom. The molecule has 1 aliphatic carbocycles. The Kier molecular flexibility index (Phi) is 3.79. The van der Waals surface area contributed by atoms with Crippen molar-refractivity contribution in [2.45, 2.75) is 32.2 Å². The predicted molar refractivity (Wildman–Crippen MR) is 91.0 cm³/mol. The van der Waals surface area contributed by atoms with Gasteiger partial charge >= 0.3 is 4.87 Å². The Hall–Kier alpha value is -2.65. The number of rotatable bonds is 3. The molecule has 2 heterocycles. The van der Waals surface area contributed by atoms with Crippen LogP contribution in [0.4, 0.5) is 0 Å². The summed E-state index contributed by atoms with van der Waals surface area (Å²) in [5.74, 6) is 1.18. The van der Waals surface area contributed by atoms with Crippen LogP contribution in [0.1, 0.15) is 34.9 Å². The van der Waals surface area contributed by atoms with Gasteiger partial charge in [0, 0.05) is 16.1 Å². The zero-order valence-corrected chi connectivity index (χ0v) is 13.8. The predicted octanol–water partition coefficient (Wildman–Crippen LogP) is 3.36. The number of thiazole rings is 1. The summed E-state index contributed by atoms with van der Waals surface area (Å²) in [4.78, 5) is 17.8. The minimum Gasteiger partial charge on any atom is -0.439 e. The molecule has 0 fully saturated rings. The normalized spacial score (nSPS) is 13.5. The molecule has 0 amide bonds. The highest BCUT2D eigenvalue weighted by Gasteiger charge is 2.19. The molecular formula is C18H15N3O2S.